The molecule has 2 unspecified atom stereocenters. The second-order valence-corrected chi connectivity index (χ2v) is 4.67. The molecule has 0 spiro atoms. The summed E-state index contributed by atoms with van der Waals surface area (Å²) in [6.45, 7) is 5.61. The molecule has 2 rings (SSSR count). The molecular formula is C9H16N2O. The molecule has 1 amide bonds. The van der Waals surface area contributed by atoms with Crippen LogP contribution in [0.3, 0.4) is 0 Å². The van der Waals surface area contributed by atoms with Gasteiger partial charge in [0.05, 0.1) is 0 Å². The highest BCUT2D eigenvalue weighted by Crippen LogP contribution is 2.40. The van der Waals surface area contributed by atoms with Crippen LogP contribution in [0.5, 0.6) is 0 Å². The number of hydrogen-bond acceptors (Lipinski definition) is 2. The summed E-state index contributed by atoms with van der Waals surface area (Å²) in [5.41, 5.74) is 5.69. The van der Waals surface area contributed by atoms with Gasteiger partial charge in [-0.1, -0.05) is 6.92 Å². The first-order chi connectivity index (χ1) is 5.49. The lowest BCUT2D eigenvalue weighted by Crippen LogP contribution is -2.67. The van der Waals surface area contributed by atoms with Crippen LogP contribution in [0.2, 0.25) is 0 Å². The zero-order valence-corrected chi connectivity index (χ0v) is 7.71. The van der Waals surface area contributed by atoms with Gasteiger partial charge in [-0.15, -0.1) is 0 Å². The molecule has 0 aromatic carbocycles. The van der Waals surface area contributed by atoms with Crippen molar-refractivity contribution in [2.45, 2.75) is 25.8 Å². The first-order valence-electron chi connectivity index (χ1n) is 4.57. The molecule has 3 nitrogen and oxygen atoms in total. The van der Waals surface area contributed by atoms with Crippen LogP contribution in [0.4, 0.5) is 0 Å². The third kappa shape index (κ3) is 1.22. The first kappa shape index (κ1) is 8.05. The van der Waals surface area contributed by atoms with Crippen molar-refractivity contribution in [3.05, 3.63) is 0 Å². The topological polar surface area (TPSA) is 46.3 Å². The van der Waals surface area contributed by atoms with Gasteiger partial charge in [-0.25, -0.2) is 0 Å². The van der Waals surface area contributed by atoms with Gasteiger partial charge in [0, 0.05) is 24.5 Å². The third-order valence-corrected chi connectivity index (χ3v) is 2.84. The Kier molecular flexibility index (Phi) is 1.49. The van der Waals surface area contributed by atoms with E-state index in [1.807, 2.05) is 11.8 Å². The second kappa shape index (κ2) is 2.22. The van der Waals surface area contributed by atoms with E-state index in [0.717, 1.165) is 19.5 Å². The molecule has 3 heteroatoms. The van der Waals surface area contributed by atoms with Crippen molar-refractivity contribution in [1.82, 2.24) is 4.90 Å². The van der Waals surface area contributed by atoms with Gasteiger partial charge in [0.25, 0.3) is 0 Å². The van der Waals surface area contributed by atoms with Crippen LogP contribution in [0.15, 0.2) is 0 Å². The highest BCUT2D eigenvalue weighted by molar-refractivity contribution is 5.82. The molecule has 0 bridgehead atoms. The van der Waals surface area contributed by atoms with Crippen molar-refractivity contribution in [1.29, 1.82) is 0 Å². The largest absolute Gasteiger partial charge is 0.339 e. The smallest absolute Gasteiger partial charge is 0.226 e. The Morgan fingerprint density at radius 1 is 1.58 bits per heavy atom. The summed E-state index contributed by atoms with van der Waals surface area (Å²) in [6.07, 6.45) is 1.08. The van der Waals surface area contributed by atoms with Gasteiger partial charge >= 0.3 is 0 Å². The number of hydrogen-bond donors (Lipinski definition) is 1. The van der Waals surface area contributed by atoms with Gasteiger partial charge in [-0.3, -0.25) is 4.79 Å². The van der Waals surface area contributed by atoms with Gasteiger partial charge in [0.1, 0.15) is 0 Å². The van der Waals surface area contributed by atoms with Crippen molar-refractivity contribution in [3.63, 3.8) is 0 Å². The van der Waals surface area contributed by atoms with Crippen LogP contribution in [0.1, 0.15) is 20.3 Å². The summed E-state index contributed by atoms with van der Waals surface area (Å²) >= 11 is 0. The number of likely N-dealkylation sites (tertiary alicyclic amines) is 1. The maximum atomic E-state index is 11.6. The molecule has 0 aromatic heterocycles. The van der Waals surface area contributed by atoms with Crippen molar-refractivity contribution in [3.8, 4) is 0 Å². The van der Waals surface area contributed by atoms with E-state index in [1.165, 1.54) is 0 Å². The molecule has 2 N–H and O–H groups in total. The number of nitrogens with zero attached hydrogens (tertiary/aromatic N) is 1. The molecule has 12 heavy (non-hydrogen) atoms. The normalized spacial score (nSPS) is 37.4. The fourth-order valence-electron chi connectivity index (χ4n) is 1.88. The second-order valence-electron chi connectivity index (χ2n) is 4.67. The van der Waals surface area contributed by atoms with E-state index in [0.29, 0.717) is 17.7 Å². The van der Waals surface area contributed by atoms with E-state index in [2.05, 4.69) is 6.92 Å². The number of nitrogens with two attached hydrogens (primary N) is 1. The molecule has 1 saturated heterocycles. The van der Waals surface area contributed by atoms with Crippen LogP contribution in [0.25, 0.3) is 0 Å². The Hall–Kier alpha value is -0.570. The molecule has 0 radical (unpaired) electrons. The summed E-state index contributed by atoms with van der Waals surface area (Å²) in [5, 5.41) is 0. The molecule has 1 heterocycles. The minimum absolute atomic E-state index is 0.117. The molecule has 1 aliphatic heterocycles. The molecular weight excluding hydrogens is 152 g/mol. The number of amides is 1. The Morgan fingerprint density at radius 2 is 2.08 bits per heavy atom. The maximum Gasteiger partial charge on any atom is 0.226 e. The zero-order valence-electron chi connectivity index (χ0n) is 7.71. The highest BCUT2D eigenvalue weighted by atomic mass is 16.2. The predicted molar refractivity (Wildman–Crippen MR) is 46.4 cm³/mol. The summed E-state index contributed by atoms with van der Waals surface area (Å²) < 4.78 is 0. The monoisotopic (exact) mass is 168 g/mol. The Labute approximate surface area is 72.9 Å². The lowest BCUT2D eigenvalue weighted by molar-refractivity contribution is -0.139. The molecule has 0 aromatic rings. The quantitative estimate of drug-likeness (QED) is 0.608. The first-order valence-corrected chi connectivity index (χ1v) is 4.57. The van der Waals surface area contributed by atoms with Crippen LogP contribution in [-0.2, 0) is 4.79 Å². The minimum Gasteiger partial charge on any atom is -0.339 e. The number of carbonyl (C=O) groups excluding carboxylic acids is 1. The standard InChI is InChI=1S/C9H16N2O/c1-6-3-7(6)8(12)11-4-9(2,10)5-11/h6-7H,3-5,10H2,1-2H3. The molecule has 2 fully saturated rings. The average Bonchev–Trinajstić information content (AvgIpc) is 2.60. The fourth-order valence-corrected chi connectivity index (χ4v) is 1.88. The Balaban J connectivity index is 1.85. The number of rotatable bonds is 1. The SMILES string of the molecule is CC1CC1C(=O)N1CC(C)(N)C1. The van der Waals surface area contributed by atoms with Gasteiger partial charge in [-0.05, 0) is 19.3 Å². The average molecular weight is 168 g/mol. The zero-order chi connectivity index (χ0) is 8.93. The lowest BCUT2D eigenvalue weighted by Gasteiger charge is -2.45. The molecule has 1 saturated carbocycles. The van der Waals surface area contributed by atoms with Crippen molar-refractivity contribution in [2.24, 2.45) is 17.6 Å². The van der Waals surface area contributed by atoms with Gasteiger partial charge < -0.3 is 10.6 Å². The van der Waals surface area contributed by atoms with Gasteiger partial charge in [-0.2, -0.15) is 0 Å². The van der Waals surface area contributed by atoms with Gasteiger partial charge in [0.15, 0.2) is 0 Å². The van der Waals surface area contributed by atoms with Crippen molar-refractivity contribution >= 4 is 5.91 Å². The Bertz CT molecular complexity index is 217. The number of carbonyl (C=O) groups is 1. The van der Waals surface area contributed by atoms with Crippen molar-refractivity contribution < 1.29 is 4.79 Å². The highest BCUT2D eigenvalue weighted by Gasteiger charge is 2.46. The summed E-state index contributed by atoms with van der Waals surface area (Å²) in [6, 6.07) is 0. The van der Waals surface area contributed by atoms with Crippen LogP contribution >= 0.6 is 0 Å². The van der Waals surface area contributed by atoms with E-state index >= 15 is 0 Å². The maximum absolute atomic E-state index is 11.6. The lowest BCUT2D eigenvalue weighted by atomic mass is 9.93. The molecule has 2 aliphatic rings. The summed E-state index contributed by atoms with van der Waals surface area (Å²) in [5.74, 6) is 1.26. The molecule has 68 valence electrons. The van der Waals surface area contributed by atoms with E-state index in [4.69, 9.17) is 5.73 Å². The Morgan fingerprint density at radius 3 is 2.42 bits per heavy atom. The van der Waals surface area contributed by atoms with E-state index in [9.17, 15) is 4.79 Å². The van der Waals surface area contributed by atoms with Crippen LogP contribution < -0.4 is 5.73 Å². The van der Waals surface area contributed by atoms with E-state index < -0.39 is 0 Å². The molecule has 1 aliphatic carbocycles. The van der Waals surface area contributed by atoms with Gasteiger partial charge in [0.2, 0.25) is 5.91 Å². The fraction of sp³-hybridized carbons (Fsp3) is 0.889. The van der Waals surface area contributed by atoms with Crippen LogP contribution in [0, 0.1) is 11.8 Å². The van der Waals surface area contributed by atoms with E-state index in [1.54, 1.807) is 0 Å². The van der Waals surface area contributed by atoms with Crippen molar-refractivity contribution in [2.75, 3.05) is 13.1 Å². The van der Waals surface area contributed by atoms with E-state index in [-0.39, 0.29) is 5.54 Å². The predicted octanol–water partition coefficient (Wildman–Crippen LogP) is 0.202. The minimum atomic E-state index is -0.117. The van der Waals surface area contributed by atoms with Crippen LogP contribution in [-0.4, -0.2) is 29.4 Å². The summed E-state index contributed by atoms with van der Waals surface area (Å²) in [7, 11) is 0. The summed E-state index contributed by atoms with van der Waals surface area (Å²) in [4.78, 5) is 13.4. The molecule has 2 atom stereocenters. The third-order valence-electron chi connectivity index (χ3n) is 2.84.